The molecule has 2 rings (SSSR count). The first kappa shape index (κ1) is 18.6. The average molecular weight is 328 g/mol. The predicted molar refractivity (Wildman–Crippen MR) is 89.6 cm³/mol. The highest BCUT2D eigenvalue weighted by Crippen LogP contribution is 2.14. The smallest absolute Gasteiger partial charge is 0.244 e. The summed E-state index contributed by atoms with van der Waals surface area (Å²) >= 11 is 0. The molecule has 0 spiro atoms. The maximum Gasteiger partial charge on any atom is 0.244 e. The Morgan fingerprint density at radius 3 is 2.82 bits per heavy atom. The first-order chi connectivity index (χ1) is 10.1. The van der Waals surface area contributed by atoms with E-state index in [1.54, 1.807) is 12.1 Å². The molecule has 0 saturated carbocycles. The third-order valence-corrected chi connectivity index (χ3v) is 3.56. The van der Waals surface area contributed by atoms with Crippen molar-refractivity contribution >= 4 is 23.9 Å². The summed E-state index contributed by atoms with van der Waals surface area (Å²) in [6, 6.07) is 6.26. The summed E-state index contributed by atoms with van der Waals surface area (Å²) in [4.78, 5) is 14.2. The van der Waals surface area contributed by atoms with Crippen molar-refractivity contribution in [2.45, 2.75) is 6.92 Å². The number of halogens is 2. The minimum Gasteiger partial charge on any atom is -0.351 e. The number of carbonyl (C=O) groups is 1. The van der Waals surface area contributed by atoms with Crippen molar-refractivity contribution in [1.29, 1.82) is 0 Å². The van der Waals surface area contributed by atoms with Crippen LogP contribution < -0.4 is 10.6 Å². The molecule has 0 aromatic heterocycles. The minimum atomic E-state index is -0.292. The summed E-state index contributed by atoms with van der Waals surface area (Å²) in [5, 5.41) is 6.17. The molecule has 122 valence electrons. The van der Waals surface area contributed by atoms with Gasteiger partial charge in [0.15, 0.2) is 0 Å². The van der Waals surface area contributed by atoms with Gasteiger partial charge in [0.05, 0.1) is 0 Å². The van der Waals surface area contributed by atoms with Gasteiger partial charge in [-0.2, -0.15) is 0 Å². The standard InChI is InChI=1S/C16H22FN3O.ClH/c1-13(14-3-2-4-15(17)12-14)11-16(21)19-7-10-20-8-5-18-6-9-20;/h2-4,11-12,18H,5-10H2,1H3,(H,19,21);1H/b13-11+;. The maximum atomic E-state index is 13.1. The van der Waals surface area contributed by atoms with Gasteiger partial charge < -0.3 is 10.6 Å². The Kier molecular flexibility index (Phi) is 8.09. The molecule has 0 bridgehead atoms. The Labute approximate surface area is 137 Å². The normalized spacial score (nSPS) is 16.0. The van der Waals surface area contributed by atoms with Gasteiger partial charge in [-0.15, -0.1) is 12.4 Å². The second kappa shape index (κ2) is 9.56. The second-order valence-corrected chi connectivity index (χ2v) is 5.22. The zero-order chi connectivity index (χ0) is 15.1. The van der Waals surface area contributed by atoms with Crippen LogP contribution in [-0.2, 0) is 4.79 Å². The van der Waals surface area contributed by atoms with Crippen molar-refractivity contribution in [2.24, 2.45) is 0 Å². The highest BCUT2D eigenvalue weighted by Gasteiger charge is 2.09. The lowest BCUT2D eigenvalue weighted by atomic mass is 10.1. The third kappa shape index (κ3) is 6.13. The first-order valence-electron chi connectivity index (χ1n) is 7.30. The Balaban J connectivity index is 0.00000242. The molecular formula is C16H23ClFN3O. The summed E-state index contributed by atoms with van der Waals surface area (Å²) in [6.07, 6.45) is 1.52. The fourth-order valence-corrected chi connectivity index (χ4v) is 2.34. The number of allylic oxidation sites excluding steroid dienone is 1. The van der Waals surface area contributed by atoms with E-state index < -0.39 is 0 Å². The van der Waals surface area contributed by atoms with Gasteiger partial charge in [-0.05, 0) is 30.2 Å². The zero-order valence-corrected chi connectivity index (χ0v) is 13.6. The molecule has 2 N–H and O–H groups in total. The molecule has 1 aliphatic heterocycles. The Morgan fingerprint density at radius 1 is 1.41 bits per heavy atom. The Morgan fingerprint density at radius 2 is 2.14 bits per heavy atom. The van der Waals surface area contributed by atoms with Crippen LogP contribution in [0.1, 0.15) is 12.5 Å². The van der Waals surface area contributed by atoms with Crippen LogP contribution >= 0.6 is 12.4 Å². The number of benzene rings is 1. The molecular weight excluding hydrogens is 305 g/mol. The SMILES string of the molecule is C/C(=C\C(=O)NCCN1CCNCC1)c1cccc(F)c1.Cl. The van der Waals surface area contributed by atoms with E-state index >= 15 is 0 Å². The van der Waals surface area contributed by atoms with Crippen LogP contribution in [0.5, 0.6) is 0 Å². The minimum absolute atomic E-state index is 0. The molecule has 0 aliphatic carbocycles. The highest BCUT2D eigenvalue weighted by molar-refractivity contribution is 5.94. The van der Waals surface area contributed by atoms with Crippen molar-refractivity contribution < 1.29 is 9.18 Å². The van der Waals surface area contributed by atoms with Crippen molar-refractivity contribution in [2.75, 3.05) is 39.3 Å². The van der Waals surface area contributed by atoms with Gasteiger partial charge in [0.1, 0.15) is 5.82 Å². The van der Waals surface area contributed by atoms with Crippen molar-refractivity contribution in [3.63, 3.8) is 0 Å². The van der Waals surface area contributed by atoms with E-state index in [1.807, 2.05) is 6.92 Å². The number of hydrogen-bond donors (Lipinski definition) is 2. The van der Waals surface area contributed by atoms with Gasteiger partial charge in [-0.25, -0.2) is 4.39 Å². The summed E-state index contributed by atoms with van der Waals surface area (Å²) in [5.41, 5.74) is 1.49. The van der Waals surface area contributed by atoms with E-state index in [2.05, 4.69) is 15.5 Å². The summed E-state index contributed by atoms with van der Waals surface area (Å²) in [7, 11) is 0. The lowest BCUT2D eigenvalue weighted by Gasteiger charge is -2.26. The summed E-state index contributed by atoms with van der Waals surface area (Å²) < 4.78 is 13.1. The molecule has 1 fully saturated rings. The second-order valence-electron chi connectivity index (χ2n) is 5.22. The lowest BCUT2D eigenvalue weighted by molar-refractivity contribution is -0.116. The summed E-state index contributed by atoms with van der Waals surface area (Å²) in [5.74, 6) is -0.425. The van der Waals surface area contributed by atoms with Crippen molar-refractivity contribution in [3.8, 4) is 0 Å². The number of carbonyl (C=O) groups excluding carboxylic acids is 1. The topological polar surface area (TPSA) is 44.4 Å². The van der Waals surface area contributed by atoms with Gasteiger partial charge in [-0.3, -0.25) is 9.69 Å². The van der Waals surface area contributed by atoms with Gasteiger partial charge >= 0.3 is 0 Å². The van der Waals surface area contributed by atoms with E-state index in [4.69, 9.17) is 0 Å². The van der Waals surface area contributed by atoms with E-state index in [9.17, 15) is 9.18 Å². The highest BCUT2D eigenvalue weighted by atomic mass is 35.5. The number of hydrogen-bond acceptors (Lipinski definition) is 3. The lowest BCUT2D eigenvalue weighted by Crippen LogP contribution is -2.46. The monoisotopic (exact) mass is 327 g/mol. The zero-order valence-electron chi connectivity index (χ0n) is 12.8. The predicted octanol–water partition coefficient (Wildman–Crippen LogP) is 1.67. The molecule has 22 heavy (non-hydrogen) atoms. The Hall–Kier alpha value is -1.43. The molecule has 1 amide bonds. The van der Waals surface area contributed by atoms with E-state index in [1.165, 1.54) is 18.2 Å². The fourth-order valence-electron chi connectivity index (χ4n) is 2.34. The molecule has 1 heterocycles. The third-order valence-electron chi connectivity index (χ3n) is 3.56. The van der Waals surface area contributed by atoms with Crippen LogP contribution in [0.25, 0.3) is 5.57 Å². The average Bonchev–Trinajstić information content (AvgIpc) is 2.48. The number of amides is 1. The molecule has 6 heteroatoms. The number of nitrogens with one attached hydrogen (secondary N) is 2. The molecule has 0 radical (unpaired) electrons. The Bertz CT molecular complexity index is 516. The largest absolute Gasteiger partial charge is 0.351 e. The van der Waals surface area contributed by atoms with E-state index in [0.717, 1.165) is 43.9 Å². The molecule has 1 aromatic rings. The van der Waals surface area contributed by atoms with Gasteiger partial charge in [0.2, 0.25) is 5.91 Å². The molecule has 4 nitrogen and oxygen atoms in total. The van der Waals surface area contributed by atoms with Gasteiger partial charge in [0, 0.05) is 45.3 Å². The van der Waals surface area contributed by atoms with Crippen LogP contribution in [0.2, 0.25) is 0 Å². The van der Waals surface area contributed by atoms with Crippen LogP contribution in [0.3, 0.4) is 0 Å². The van der Waals surface area contributed by atoms with Crippen LogP contribution in [0.15, 0.2) is 30.3 Å². The number of nitrogens with zero attached hydrogens (tertiary/aromatic N) is 1. The maximum absolute atomic E-state index is 13.1. The molecule has 0 atom stereocenters. The van der Waals surface area contributed by atoms with Crippen molar-refractivity contribution in [1.82, 2.24) is 15.5 Å². The van der Waals surface area contributed by atoms with Crippen LogP contribution in [0.4, 0.5) is 4.39 Å². The number of piperazine rings is 1. The summed E-state index contributed by atoms with van der Waals surface area (Å²) in [6.45, 7) is 7.36. The molecule has 1 aliphatic rings. The quantitative estimate of drug-likeness (QED) is 0.809. The molecule has 1 aromatic carbocycles. The molecule has 1 saturated heterocycles. The van der Waals surface area contributed by atoms with Crippen LogP contribution in [-0.4, -0.2) is 50.1 Å². The van der Waals surface area contributed by atoms with E-state index in [0.29, 0.717) is 6.54 Å². The van der Waals surface area contributed by atoms with E-state index in [-0.39, 0.29) is 24.1 Å². The fraction of sp³-hybridized carbons (Fsp3) is 0.438. The first-order valence-corrected chi connectivity index (χ1v) is 7.30. The van der Waals surface area contributed by atoms with Crippen LogP contribution in [0, 0.1) is 5.82 Å². The molecule has 0 unspecified atom stereocenters. The van der Waals surface area contributed by atoms with Gasteiger partial charge in [0.25, 0.3) is 0 Å². The number of rotatable bonds is 5. The van der Waals surface area contributed by atoms with Gasteiger partial charge in [-0.1, -0.05) is 12.1 Å². The van der Waals surface area contributed by atoms with Crippen molar-refractivity contribution in [3.05, 3.63) is 41.7 Å².